The molecule has 18 atom stereocenters. The number of pyridine rings is 6. The van der Waals surface area contributed by atoms with Crippen LogP contribution in [0.15, 0.2) is 331 Å². The summed E-state index contributed by atoms with van der Waals surface area (Å²) in [6, 6.07) is 63.6. The first kappa shape index (κ1) is 79.4. The average molecular weight is 1740 g/mol. The van der Waals surface area contributed by atoms with Gasteiger partial charge in [-0.15, -0.1) is 0 Å². The van der Waals surface area contributed by atoms with Crippen molar-refractivity contribution < 1.29 is 30.6 Å². The maximum Gasteiger partial charge on any atom is 0.0956 e. The van der Waals surface area contributed by atoms with Crippen molar-refractivity contribution in [2.75, 3.05) is 0 Å². The molecule has 6 aromatic carbocycles. The average Bonchev–Trinajstić information content (AvgIpc) is 1.60. The van der Waals surface area contributed by atoms with E-state index in [4.69, 9.17) is 0 Å². The van der Waals surface area contributed by atoms with E-state index in [1.54, 1.807) is 74.4 Å². The highest BCUT2D eigenvalue weighted by Gasteiger charge is 2.50. The summed E-state index contributed by atoms with van der Waals surface area (Å²) < 4.78 is 13.2. The number of aliphatic hydroxyl groups excluding tert-OH is 6. The Balaban J connectivity index is 0.0000000851. The van der Waals surface area contributed by atoms with Gasteiger partial charge in [-0.05, 0) is 142 Å². The predicted molar refractivity (Wildman–Crippen MR) is 493 cm³/mol. The fraction of sp³-hybridized carbons (Fsp3) is 0.222. The summed E-state index contributed by atoms with van der Waals surface area (Å²) in [5, 5.41) is 64.9. The van der Waals surface area contributed by atoms with Crippen LogP contribution in [-0.4, -0.2) is 118 Å². The van der Waals surface area contributed by atoms with Crippen molar-refractivity contribution in [1.82, 2.24) is 87.2 Å². The summed E-state index contributed by atoms with van der Waals surface area (Å²) in [4.78, 5) is 50.8. The molecule has 18 aromatic rings. The maximum atomic E-state index is 10.8. The molecule has 0 spiro atoms. The van der Waals surface area contributed by atoms with Crippen molar-refractivity contribution in [2.24, 2.45) is 35.5 Å². The molecule has 18 heterocycles. The number of imidazole rings is 6. The van der Waals surface area contributed by atoms with Crippen LogP contribution in [0.5, 0.6) is 0 Å². The second-order valence-electron chi connectivity index (χ2n) is 36.6. The minimum atomic E-state index is -0.477. The van der Waals surface area contributed by atoms with Crippen molar-refractivity contribution in [2.45, 2.75) is 111 Å². The molecule has 30 rings (SSSR count). The van der Waals surface area contributed by atoms with Crippen molar-refractivity contribution in [3.63, 3.8) is 0 Å². The van der Waals surface area contributed by atoms with E-state index < -0.39 is 36.6 Å². The van der Waals surface area contributed by atoms with Gasteiger partial charge in [-0.1, -0.05) is 146 Å². The topological polar surface area (TPSA) is 306 Å². The normalized spacial score (nSPS) is 24.9. The molecule has 132 heavy (non-hydrogen) atoms. The molecule has 0 radical (unpaired) electrons. The first-order valence-corrected chi connectivity index (χ1v) is 45.4. The molecule has 0 bridgehead atoms. The van der Waals surface area contributed by atoms with E-state index in [1.807, 2.05) is 112 Å². The molecule has 648 valence electrons. The minimum Gasteiger partial charge on any atom is -0.388 e. The number of nitrogens with zero attached hydrogens (tertiary/aromatic N) is 18. The molecule has 0 saturated carbocycles. The fourth-order valence-electron chi connectivity index (χ4n) is 24.5. The summed E-state index contributed by atoms with van der Waals surface area (Å²) in [5.74, 6) is 0.727. The van der Waals surface area contributed by atoms with E-state index in [1.165, 1.54) is 100 Å². The van der Waals surface area contributed by atoms with Crippen LogP contribution in [0, 0.1) is 35.5 Å². The van der Waals surface area contributed by atoms with E-state index in [0.717, 1.165) is 106 Å². The van der Waals surface area contributed by atoms with E-state index in [2.05, 4.69) is 233 Å². The van der Waals surface area contributed by atoms with Gasteiger partial charge < -0.3 is 58.0 Å². The molecule has 0 fully saturated rings. The van der Waals surface area contributed by atoms with Gasteiger partial charge in [0.25, 0.3) is 0 Å². The molecule has 0 saturated heterocycles. The Morgan fingerprint density at radius 1 is 0.174 bits per heavy atom. The highest BCUT2D eigenvalue weighted by atomic mass is 16.3. The highest BCUT2D eigenvalue weighted by Crippen LogP contribution is 2.58. The van der Waals surface area contributed by atoms with E-state index in [9.17, 15) is 30.6 Å². The Hall–Kier alpha value is -14.8. The van der Waals surface area contributed by atoms with Gasteiger partial charge in [0.2, 0.25) is 0 Å². The summed E-state index contributed by atoms with van der Waals surface area (Å²) in [6.07, 6.45) is 46.8. The first-order chi connectivity index (χ1) is 65.1. The molecular weight excluding hydrogens is 1650 g/mol. The number of fused-ring (bicyclic) bond motifs is 24. The van der Waals surface area contributed by atoms with Gasteiger partial charge in [0.15, 0.2) is 0 Å². The molecule has 6 aliphatic heterocycles. The third-order valence-electron chi connectivity index (χ3n) is 30.3. The highest BCUT2D eigenvalue weighted by molar-refractivity contribution is 5.75. The van der Waals surface area contributed by atoms with Gasteiger partial charge in [0, 0.05) is 177 Å². The predicted octanol–water partition coefficient (Wildman–Crippen LogP) is 16.5. The Bertz CT molecular complexity index is 6350. The molecule has 24 nitrogen and oxygen atoms in total. The number of hydrogen-bond acceptors (Lipinski definition) is 18. The lowest BCUT2D eigenvalue weighted by atomic mass is 9.88. The summed E-state index contributed by atoms with van der Waals surface area (Å²) in [7, 11) is 0. The summed E-state index contributed by atoms with van der Waals surface area (Å²) in [5.41, 5.74) is 35.0. The van der Waals surface area contributed by atoms with Gasteiger partial charge in [0.1, 0.15) is 0 Å². The second-order valence-corrected chi connectivity index (χ2v) is 36.6. The van der Waals surface area contributed by atoms with E-state index in [-0.39, 0.29) is 71.8 Å². The Morgan fingerprint density at radius 3 is 0.477 bits per heavy atom. The van der Waals surface area contributed by atoms with Crippen molar-refractivity contribution in [1.29, 1.82) is 0 Å². The quantitative estimate of drug-likeness (QED) is 0.0901. The summed E-state index contributed by atoms with van der Waals surface area (Å²) in [6.45, 7) is 0. The molecule has 6 N–H and O–H groups in total. The second kappa shape index (κ2) is 32.1. The molecular formula is C108H90N18O6. The monoisotopic (exact) mass is 1730 g/mol. The lowest BCUT2D eigenvalue weighted by Gasteiger charge is -2.25. The first-order valence-electron chi connectivity index (χ1n) is 45.4. The van der Waals surface area contributed by atoms with Crippen LogP contribution in [0.2, 0.25) is 0 Å². The van der Waals surface area contributed by atoms with Gasteiger partial charge in [-0.25, -0.2) is 29.9 Å². The molecule has 6 aliphatic carbocycles. The molecule has 0 amide bonds. The lowest BCUT2D eigenvalue weighted by molar-refractivity contribution is 0.101. The maximum absolute atomic E-state index is 10.8. The van der Waals surface area contributed by atoms with Crippen LogP contribution in [0.4, 0.5) is 0 Å². The zero-order valence-electron chi connectivity index (χ0n) is 71.5. The number of aliphatic hydroxyl groups is 6. The third kappa shape index (κ3) is 12.6. The fourth-order valence-corrected chi connectivity index (χ4v) is 24.5. The van der Waals surface area contributed by atoms with Crippen molar-refractivity contribution in [3.05, 3.63) is 432 Å². The Labute approximate surface area is 759 Å². The van der Waals surface area contributed by atoms with E-state index >= 15 is 0 Å². The molecule has 12 aromatic heterocycles. The Morgan fingerprint density at radius 2 is 0.326 bits per heavy atom. The van der Waals surface area contributed by atoms with Gasteiger partial charge in [-0.2, -0.15) is 0 Å². The van der Waals surface area contributed by atoms with Crippen LogP contribution in [0.1, 0.15) is 173 Å². The van der Waals surface area contributed by atoms with Gasteiger partial charge in [-0.3, -0.25) is 29.9 Å². The lowest BCUT2D eigenvalue weighted by Crippen LogP contribution is -2.21. The Kier molecular flexibility index (Phi) is 19.3. The van der Waals surface area contributed by atoms with Gasteiger partial charge in [0.05, 0.1) is 182 Å². The number of rotatable bonds is 6. The van der Waals surface area contributed by atoms with Crippen LogP contribution < -0.4 is 0 Å². The molecule has 0 unspecified atom stereocenters. The standard InChI is InChI=1S/6C18H15N3O/c6*22-18-14(7-11-5-6-19-8-15(11)18)17-13-4-2-1-3-12(13)16-9-20-10-21(16)17/h6*1-6,8-10,14,17-18,22H,7H2/t2*14-,17+,18+;2*14-,17+,18-;2*14-,17-,18-/m101010/s1. The van der Waals surface area contributed by atoms with Crippen LogP contribution in [0.25, 0.3) is 67.5 Å². The summed E-state index contributed by atoms with van der Waals surface area (Å²) >= 11 is 0. The van der Waals surface area contributed by atoms with Crippen molar-refractivity contribution in [3.8, 4) is 67.5 Å². The SMILES string of the molecule is O[C@@H]1c2cnccc2C[C@@H]1[C@@H]1c2ccccc2-c2cncn21.O[C@@H]1c2cnccc2C[C@H]1[C@@H]1c2ccccc2-c2cncn21.O[C@@H]1c2cnccc2C[C@H]1[C@H]1c2ccccc2-c2cncn21.O[C@H]1c2cnccc2C[C@@H]1[C@@H]1c2ccccc2-c2cncn21.O[C@H]1c2cnccc2C[C@@H]1[C@H]1c2ccccc2-c2cncn21.O[C@H]1c2cnccc2C[C@H]1[C@H]1c2ccccc2-c2cncn21. The zero-order chi connectivity index (χ0) is 88.1. The smallest absolute Gasteiger partial charge is 0.0956 e. The van der Waals surface area contributed by atoms with Crippen molar-refractivity contribution >= 4 is 0 Å². The van der Waals surface area contributed by atoms with Gasteiger partial charge >= 0.3 is 0 Å². The van der Waals surface area contributed by atoms with Crippen LogP contribution >= 0.6 is 0 Å². The number of hydrogen-bond donors (Lipinski definition) is 6. The van der Waals surface area contributed by atoms with E-state index in [0.29, 0.717) is 0 Å². The third-order valence-corrected chi connectivity index (χ3v) is 30.3. The largest absolute Gasteiger partial charge is 0.388 e. The minimum absolute atomic E-state index is 0.121. The number of aromatic nitrogens is 18. The molecule has 12 aliphatic rings. The number of benzene rings is 6. The zero-order valence-corrected chi connectivity index (χ0v) is 71.5. The molecule has 24 heteroatoms. The van der Waals surface area contributed by atoms with Crippen LogP contribution in [-0.2, 0) is 38.5 Å². The van der Waals surface area contributed by atoms with Crippen LogP contribution in [0.3, 0.4) is 0 Å².